The first-order chi connectivity index (χ1) is 10.0. The van der Waals surface area contributed by atoms with Crippen LogP contribution < -0.4 is 9.47 Å². The predicted octanol–water partition coefficient (Wildman–Crippen LogP) is 1.75. The third-order valence-corrected chi connectivity index (χ3v) is 2.39. The molecule has 1 aromatic carbocycles. The van der Waals surface area contributed by atoms with E-state index in [1.54, 1.807) is 0 Å². The summed E-state index contributed by atoms with van der Waals surface area (Å²) in [6.45, 7) is 0. The number of nitrogens with zero attached hydrogens (tertiary/aromatic N) is 3. The van der Waals surface area contributed by atoms with E-state index in [0.717, 1.165) is 18.5 Å². The first-order valence-electron chi connectivity index (χ1n) is 5.53. The van der Waals surface area contributed by atoms with Crippen LogP contribution in [0.1, 0.15) is 10.4 Å². The Morgan fingerprint density at radius 1 is 1.33 bits per heavy atom. The highest BCUT2D eigenvalue weighted by atomic mass is 19.1. The molecule has 0 saturated heterocycles. The van der Waals surface area contributed by atoms with Crippen molar-refractivity contribution >= 4 is 11.7 Å². The molecule has 0 fully saturated rings. The molecule has 0 unspecified atom stereocenters. The zero-order chi connectivity index (χ0) is 15.4. The smallest absolute Gasteiger partial charge is 0.346 e. The Kier molecular flexibility index (Phi) is 4.02. The number of halogens is 1. The van der Waals surface area contributed by atoms with Crippen molar-refractivity contribution in [3.8, 4) is 11.8 Å². The minimum absolute atomic E-state index is 0.00887. The fourth-order valence-corrected chi connectivity index (χ4v) is 1.45. The molecule has 2 aromatic rings. The van der Waals surface area contributed by atoms with E-state index in [2.05, 4.69) is 9.97 Å². The van der Waals surface area contributed by atoms with Crippen molar-refractivity contribution in [2.24, 2.45) is 0 Å². The lowest BCUT2D eigenvalue weighted by Gasteiger charge is -2.04. The number of rotatable bonds is 4. The van der Waals surface area contributed by atoms with Gasteiger partial charge in [-0.3, -0.25) is 10.1 Å². The number of nitro groups is 1. The van der Waals surface area contributed by atoms with Gasteiger partial charge in [0.2, 0.25) is 0 Å². The second kappa shape index (κ2) is 5.90. The van der Waals surface area contributed by atoms with Crippen LogP contribution in [0.2, 0.25) is 0 Å². The Morgan fingerprint density at radius 3 is 2.57 bits per heavy atom. The van der Waals surface area contributed by atoms with E-state index in [-0.39, 0.29) is 23.0 Å². The van der Waals surface area contributed by atoms with Crippen LogP contribution in [-0.4, -0.2) is 28.0 Å². The number of carbonyl (C=O) groups is 1. The Balaban J connectivity index is 2.25. The summed E-state index contributed by atoms with van der Waals surface area (Å²) in [7, 11) is 1.27. The molecular formula is C12H8FN3O5. The molecule has 0 bridgehead atoms. The fraction of sp³-hybridized carbons (Fsp3) is 0.0833. The van der Waals surface area contributed by atoms with Gasteiger partial charge in [0.25, 0.3) is 0 Å². The van der Waals surface area contributed by atoms with Gasteiger partial charge in [-0.2, -0.15) is 0 Å². The first kappa shape index (κ1) is 14.3. The van der Waals surface area contributed by atoms with Crippen LogP contribution in [0.3, 0.4) is 0 Å². The van der Waals surface area contributed by atoms with Crippen molar-refractivity contribution in [3.05, 3.63) is 52.1 Å². The number of benzene rings is 1. The number of hydrogen-bond donors (Lipinski definition) is 0. The number of carbonyl (C=O) groups excluding carboxylic acids is 1. The lowest BCUT2D eigenvalue weighted by Crippen LogP contribution is -2.11. The van der Waals surface area contributed by atoms with E-state index in [0.29, 0.717) is 0 Å². The number of aromatic nitrogens is 2. The van der Waals surface area contributed by atoms with Crippen LogP contribution in [0.15, 0.2) is 30.6 Å². The lowest BCUT2D eigenvalue weighted by atomic mass is 10.2. The second-order valence-corrected chi connectivity index (χ2v) is 3.72. The molecule has 0 radical (unpaired) electrons. The maximum absolute atomic E-state index is 12.6. The van der Waals surface area contributed by atoms with Crippen LogP contribution in [0.25, 0.3) is 0 Å². The van der Waals surface area contributed by atoms with Crippen LogP contribution >= 0.6 is 0 Å². The highest BCUT2D eigenvalue weighted by Crippen LogP contribution is 2.27. The second-order valence-electron chi connectivity index (χ2n) is 3.72. The maximum atomic E-state index is 12.6. The van der Waals surface area contributed by atoms with Crippen molar-refractivity contribution in [2.75, 3.05) is 7.11 Å². The molecule has 1 aromatic heterocycles. The van der Waals surface area contributed by atoms with Crippen LogP contribution in [0.5, 0.6) is 11.8 Å². The molecule has 0 spiro atoms. The molecule has 108 valence electrons. The van der Waals surface area contributed by atoms with Gasteiger partial charge in [0.1, 0.15) is 0 Å². The van der Waals surface area contributed by atoms with Crippen LogP contribution in [-0.2, 0) is 0 Å². The molecule has 0 N–H and O–H groups in total. The molecule has 0 aliphatic heterocycles. The molecule has 9 heteroatoms. The molecule has 2 rings (SSSR count). The Bertz CT molecular complexity index is 690. The average Bonchev–Trinajstić information content (AvgIpc) is 2.48. The number of esters is 1. The van der Waals surface area contributed by atoms with Gasteiger partial charge in [-0.05, 0) is 12.1 Å². The summed E-state index contributed by atoms with van der Waals surface area (Å²) in [5.41, 5.74) is -0.470. The van der Waals surface area contributed by atoms with E-state index < -0.39 is 16.7 Å². The number of hydrogen-bond acceptors (Lipinski definition) is 7. The van der Waals surface area contributed by atoms with Crippen molar-refractivity contribution in [3.63, 3.8) is 0 Å². The van der Waals surface area contributed by atoms with E-state index >= 15 is 0 Å². The summed E-state index contributed by atoms with van der Waals surface area (Å²) >= 11 is 0. The van der Waals surface area contributed by atoms with Gasteiger partial charge >= 0.3 is 17.7 Å². The van der Waals surface area contributed by atoms with E-state index in [9.17, 15) is 19.3 Å². The molecule has 0 aliphatic rings. The van der Waals surface area contributed by atoms with E-state index in [1.807, 2.05) is 0 Å². The molecule has 0 amide bonds. The SMILES string of the molecule is COc1ccc(C(=O)Oc2ncc(F)cn2)cc1[N+](=O)[O-]. The predicted molar refractivity (Wildman–Crippen MR) is 66.6 cm³/mol. The largest absolute Gasteiger partial charge is 0.490 e. The molecule has 21 heavy (non-hydrogen) atoms. The topological polar surface area (TPSA) is 104 Å². The summed E-state index contributed by atoms with van der Waals surface area (Å²) < 4.78 is 22.2. The van der Waals surface area contributed by atoms with Gasteiger partial charge in [0.05, 0.1) is 30.0 Å². The van der Waals surface area contributed by atoms with E-state index in [1.165, 1.54) is 19.2 Å². The van der Waals surface area contributed by atoms with Gasteiger partial charge in [-0.25, -0.2) is 19.2 Å². The Hall–Kier alpha value is -3.10. The first-order valence-corrected chi connectivity index (χ1v) is 5.53. The molecule has 1 heterocycles. The third-order valence-electron chi connectivity index (χ3n) is 2.39. The summed E-state index contributed by atoms with van der Waals surface area (Å²) in [6, 6.07) is 3.20. The van der Waals surface area contributed by atoms with Gasteiger partial charge in [-0.1, -0.05) is 0 Å². The van der Waals surface area contributed by atoms with Crippen LogP contribution in [0.4, 0.5) is 10.1 Å². The molecule has 8 nitrogen and oxygen atoms in total. The minimum atomic E-state index is -0.910. The molecule has 0 aliphatic carbocycles. The minimum Gasteiger partial charge on any atom is -0.490 e. The fourth-order valence-electron chi connectivity index (χ4n) is 1.45. The maximum Gasteiger partial charge on any atom is 0.346 e. The van der Waals surface area contributed by atoms with Gasteiger partial charge in [-0.15, -0.1) is 0 Å². The van der Waals surface area contributed by atoms with E-state index in [4.69, 9.17) is 9.47 Å². The summed E-state index contributed by atoms with van der Waals surface area (Å²) in [5.74, 6) is -1.59. The Morgan fingerprint density at radius 2 is 2.00 bits per heavy atom. The van der Waals surface area contributed by atoms with Gasteiger partial charge in [0.15, 0.2) is 11.6 Å². The number of methoxy groups -OCH3 is 1. The quantitative estimate of drug-likeness (QED) is 0.480. The standard InChI is InChI=1S/C12H8FN3O5/c1-20-10-3-2-7(4-9(10)16(18)19)11(17)21-12-14-5-8(13)6-15-12/h2-6H,1H3. The van der Waals surface area contributed by atoms with Crippen molar-refractivity contribution in [2.45, 2.75) is 0 Å². The number of nitro benzene ring substituents is 1. The number of ether oxygens (including phenoxy) is 2. The summed E-state index contributed by atoms with van der Waals surface area (Å²) in [4.78, 5) is 28.9. The highest BCUT2D eigenvalue weighted by molar-refractivity contribution is 5.91. The molecular weight excluding hydrogens is 285 g/mol. The van der Waals surface area contributed by atoms with Crippen LogP contribution in [0, 0.1) is 15.9 Å². The van der Waals surface area contributed by atoms with Gasteiger partial charge in [0, 0.05) is 6.07 Å². The Labute approximate surface area is 117 Å². The third kappa shape index (κ3) is 3.26. The van der Waals surface area contributed by atoms with Crippen molar-refractivity contribution < 1.29 is 23.6 Å². The van der Waals surface area contributed by atoms with Crippen molar-refractivity contribution in [1.82, 2.24) is 9.97 Å². The lowest BCUT2D eigenvalue weighted by molar-refractivity contribution is -0.385. The monoisotopic (exact) mass is 293 g/mol. The summed E-state index contributed by atoms with van der Waals surface area (Å²) in [5, 5.41) is 10.9. The molecule has 0 atom stereocenters. The molecule has 0 saturated carbocycles. The summed E-state index contributed by atoms with van der Waals surface area (Å²) in [6.07, 6.45) is 1.65. The zero-order valence-corrected chi connectivity index (χ0v) is 10.6. The highest BCUT2D eigenvalue weighted by Gasteiger charge is 2.19. The van der Waals surface area contributed by atoms with Gasteiger partial charge < -0.3 is 9.47 Å². The normalized spacial score (nSPS) is 10.0. The average molecular weight is 293 g/mol. The van der Waals surface area contributed by atoms with Crippen molar-refractivity contribution in [1.29, 1.82) is 0 Å². The zero-order valence-electron chi connectivity index (χ0n) is 10.6.